The van der Waals surface area contributed by atoms with Gasteiger partial charge in [0.25, 0.3) is 0 Å². The lowest BCUT2D eigenvalue weighted by Gasteiger charge is -2.26. The van der Waals surface area contributed by atoms with E-state index in [0.717, 1.165) is 32.4 Å². The topological polar surface area (TPSA) is 55.1 Å². The molecule has 1 aliphatic rings. The highest BCUT2D eigenvalue weighted by Crippen LogP contribution is 2.26. The van der Waals surface area contributed by atoms with E-state index in [9.17, 15) is 4.79 Å². The van der Waals surface area contributed by atoms with Gasteiger partial charge in [0.1, 0.15) is 0 Å². The van der Waals surface area contributed by atoms with E-state index < -0.39 is 0 Å². The molecule has 1 amide bonds. The van der Waals surface area contributed by atoms with Crippen LogP contribution in [0.25, 0.3) is 0 Å². The summed E-state index contributed by atoms with van der Waals surface area (Å²) in [5.74, 6) is 0.869. The molecule has 0 aromatic heterocycles. The zero-order chi connectivity index (χ0) is 13.4. The SMILES string of the molecule is CC(C)(CCCN)CNC(=O)CC1CCCCC1. The Balaban J connectivity index is 2.19. The first-order chi connectivity index (χ1) is 8.53. The second kappa shape index (κ2) is 7.78. The summed E-state index contributed by atoms with van der Waals surface area (Å²) in [6.07, 6.45) is 9.28. The van der Waals surface area contributed by atoms with Crippen LogP contribution in [-0.2, 0) is 4.79 Å². The van der Waals surface area contributed by atoms with Gasteiger partial charge in [0.05, 0.1) is 0 Å². The van der Waals surface area contributed by atoms with Crippen molar-refractivity contribution in [2.24, 2.45) is 17.1 Å². The van der Waals surface area contributed by atoms with Crippen LogP contribution in [0.4, 0.5) is 0 Å². The number of nitrogens with two attached hydrogens (primary N) is 1. The average molecular weight is 254 g/mol. The minimum atomic E-state index is 0.168. The first-order valence-electron chi connectivity index (χ1n) is 7.50. The Morgan fingerprint density at radius 1 is 1.28 bits per heavy atom. The van der Waals surface area contributed by atoms with Crippen molar-refractivity contribution in [2.75, 3.05) is 13.1 Å². The number of rotatable bonds is 7. The largest absolute Gasteiger partial charge is 0.356 e. The maximum Gasteiger partial charge on any atom is 0.220 e. The third kappa shape index (κ3) is 6.39. The van der Waals surface area contributed by atoms with Crippen LogP contribution in [0, 0.1) is 11.3 Å². The lowest BCUT2D eigenvalue weighted by molar-refractivity contribution is -0.122. The summed E-state index contributed by atoms with van der Waals surface area (Å²) in [6, 6.07) is 0. The fraction of sp³-hybridized carbons (Fsp3) is 0.933. The van der Waals surface area contributed by atoms with Crippen molar-refractivity contribution in [1.29, 1.82) is 0 Å². The normalized spacial score (nSPS) is 17.7. The predicted molar refractivity (Wildman–Crippen MR) is 76.3 cm³/mol. The van der Waals surface area contributed by atoms with Gasteiger partial charge in [0, 0.05) is 13.0 Å². The fourth-order valence-electron chi connectivity index (χ4n) is 2.73. The van der Waals surface area contributed by atoms with Gasteiger partial charge < -0.3 is 11.1 Å². The molecule has 106 valence electrons. The third-order valence-electron chi connectivity index (χ3n) is 4.02. The Hall–Kier alpha value is -0.570. The number of hydrogen-bond donors (Lipinski definition) is 2. The van der Waals surface area contributed by atoms with Crippen LogP contribution >= 0.6 is 0 Å². The van der Waals surface area contributed by atoms with Gasteiger partial charge in [-0.15, -0.1) is 0 Å². The van der Waals surface area contributed by atoms with E-state index >= 15 is 0 Å². The summed E-state index contributed by atoms with van der Waals surface area (Å²) in [5.41, 5.74) is 5.70. The second-order valence-electron chi connectivity index (χ2n) is 6.54. The van der Waals surface area contributed by atoms with E-state index in [1.54, 1.807) is 0 Å². The molecule has 0 aromatic carbocycles. The zero-order valence-electron chi connectivity index (χ0n) is 12.1. The molecule has 0 spiro atoms. The molecular formula is C15H30N2O. The van der Waals surface area contributed by atoms with E-state index in [0.29, 0.717) is 5.92 Å². The van der Waals surface area contributed by atoms with Gasteiger partial charge in [-0.25, -0.2) is 0 Å². The molecule has 0 atom stereocenters. The molecule has 1 aliphatic carbocycles. The minimum absolute atomic E-state index is 0.168. The summed E-state index contributed by atoms with van der Waals surface area (Å²) in [6.45, 7) is 5.91. The van der Waals surface area contributed by atoms with Gasteiger partial charge in [-0.05, 0) is 43.6 Å². The molecule has 3 heteroatoms. The standard InChI is InChI=1S/C15H30N2O/c1-15(2,9-6-10-16)12-17-14(18)11-13-7-4-3-5-8-13/h13H,3-12,16H2,1-2H3,(H,17,18). The summed E-state index contributed by atoms with van der Waals surface area (Å²) in [4.78, 5) is 11.9. The predicted octanol–water partition coefficient (Wildman–Crippen LogP) is 2.84. The van der Waals surface area contributed by atoms with E-state index in [1.807, 2.05) is 0 Å². The van der Waals surface area contributed by atoms with Crippen molar-refractivity contribution in [3.05, 3.63) is 0 Å². The lowest BCUT2D eigenvalue weighted by Crippen LogP contribution is -2.35. The molecule has 0 bridgehead atoms. The lowest BCUT2D eigenvalue weighted by atomic mass is 9.86. The first-order valence-corrected chi connectivity index (χ1v) is 7.50. The van der Waals surface area contributed by atoms with Crippen LogP contribution in [0.5, 0.6) is 0 Å². The Morgan fingerprint density at radius 2 is 1.94 bits per heavy atom. The monoisotopic (exact) mass is 254 g/mol. The second-order valence-corrected chi connectivity index (χ2v) is 6.54. The summed E-state index contributed by atoms with van der Waals surface area (Å²) in [7, 11) is 0. The third-order valence-corrected chi connectivity index (χ3v) is 4.02. The van der Waals surface area contributed by atoms with Crippen LogP contribution in [-0.4, -0.2) is 19.0 Å². The average Bonchev–Trinajstić information content (AvgIpc) is 2.36. The Morgan fingerprint density at radius 3 is 2.56 bits per heavy atom. The number of hydrogen-bond acceptors (Lipinski definition) is 2. The van der Waals surface area contributed by atoms with Gasteiger partial charge in [-0.2, -0.15) is 0 Å². The number of nitrogens with one attached hydrogen (secondary N) is 1. The molecule has 3 nitrogen and oxygen atoms in total. The van der Waals surface area contributed by atoms with Crippen molar-refractivity contribution < 1.29 is 4.79 Å². The van der Waals surface area contributed by atoms with Gasteiger partial charge in [-0.3, -0.25) is 4.79 Å². The summed E-state index contributed by atoms with van der Waals surface area (Å²) in [5, 5.41) is 3.10. The van der Waals surface area contributed by atoms with Crippen LogP contribution in [0.1, 0.15) is 65.2 Å². The molecule has 3 N–H and O–H groups in total. The highest BCUT2D eigenvalue weighted by Gasteiger charge is 2.20. The highest BCUT2D eigenvalue weighted by molar-refractivity contribution is 5.76. The Labute approximate surface area is 112 Å². The molecule has 0 unspecified atom stereocenters. The van der Waals surface area contributed by atoms with E-state index in [2.05, 4.69) is 19.2 Å². The van der Waals surface area contributed by atoms with Gasteiger partial charge in [0.15, 0.2) is 0 Å². The zero-order valence-corrected chi connectivity index (χ0v) is 12.1. The van der Waals surface area contributed by atoms with Crippen molar-refractivity contribution in [3.8, 4) is 0 Å². The van der Waals surface area contributed by atoms with Gasteiger partial charge >= 0.3 is 0 Å². The molecule has 0 heterocycles. The molecular weight excluding hydrogens is 224 g/mol. The molecule has 1 rings (SSSR count). The van der Waals surface area contributed by atoms with E-state index in [4.69, 9.17) is 5.73 Å². The Kier molecular flexibility index (Phi) is 6.69. The van der Waals surface area contributed by atoms with Crippen molar-refractivity contribution in [1.82, 2.24) is 5.32 Å². The molecule has 1 saturated carbocycles. The fourth-order valence-corrected chi connectivity index (χ4v) is 2.73. The van der Waals surface area contributed by atoms with Crippen LogP contribution in [0.3, 0.4) is 0 Å². The molecule has 18 heavy (non-hydrogen) atoms. The number of carbonyl (C=O) groups is 1. The highest BCUT2D eigenvalue weighted by atomic mass is 16.1. The van der Waals surface area contributed by atoms with E-state index in [1.165, 1.54) is 32.1 Å². The van der Waals surface area contributed by atoms with Gasteiger partial charge in [-0.1, -0.05) is 33.1 Å². The van der Waals surface area contributed by atoms with Crippen molar-refractivity contribution in [3.63, 3.8) is 0 Å². The minimum Gasteiger partial charge on any atom is -0.356 e. The van der Waals surface area contributed by atoms with Crippen molar-refractivity contribution >= 4 is 5.91 Å². The number of amides is 1. The molecule has 0 saturated heterocycles. The molecule has 0 aromatic rings. The maximum absolute atomic E-state index is 11.9. The first kappa shape index (κ1) is 15.5. The molecule has 1 fully saturated rings. The van der Waals surface area contributed by atoms with Crippen molar-refractivity contribution in [2.45, 2.75) is 65.2 Å². The van der Waals surface area contributed by atoms with Crippen LogP contribution in [0.2, 0.25) is 0 Å². The number of carbonyl (C=O) groups excluding carboxylic acids is 1. The molecule has 0 radical (unpaired) electrons. The van der Waals surface area contributed by atoms with E-state index in [-0.39, 0.29) is 11.3 Å². The smallest absolute Gasteiger partial charge is 0.220 e. The maximum atomic E-state index is 11.9. The quantitative estimate of drug-likeness (QED) is 0.734. The summed E-state index contributed by atoms with van der Waals surface area (Å²) < 4.78 is 0. The summed E-state index contributed by atoms with van der Waals surface area (Å²) >= 11 is 0. The van der Waals surface area contributed by atoms with Crippen LogP contribution in [0.15, 0.2) is 0 Å². The molecule has 0 aliphatic heterocycles. The van der Waals surface area contributed by atoms with Gasteiger partial charge in [0.2, 0.25) is 5.91 Å². The van der Waals surface area contributed by atoms with Crippen LogP contribution < -0.4 is 11.1 Å². The Bertz CT molecular complexity index is 245.